The van der Waals surface area contributed by atoms with Crippen LogP contribution in [0.4, 0.5) is 11.4 Å². The van der Waals surface area contributed by atoms with Gasteiger partial charge in [0.2, 0.25) is 5.91 Å². The summed E-state index contributed by atoms with van der Waals surface area (Å²) in [5.41, 5.74) is 3.61. The van der Waals surface area contributed by atoms with E-state index in [1.165, 1.54) is 16.7 Å². The molecule has 1 N–H and O–H groups in total. The molecule has 0 unspecified atom stereocenters. The lowest BCUT2D eigenvalue weighted by molar-refractivity contribution is -0.149. The molecule has 2 aliphatic heterocycles. The third kappa shape index (κ3) is 3.37. The van der Waals surface area contributed by atoms with Gasteiger partial charge in [-0.05, 0) is 36.1 Å². The molecular weight excluding hydrogens is 400 g/mol. The lowest BCUT2D eigenvalue weighted by Gasteiger charge is -2.28. The van der Waals surface area contributed by atoms with Gasteiger partial charge in [-0.3, -0.25) is 14.5 Å². The van der Waals surface area contributed by atoms with Gasteiger partial charge in [0, 0.05) is 23.4 Å². The molecule has 7 heteroatoms. The third-order valence-electron chi connectivity index (χ3n) is 5.59. The molecule has 1 saturated heterocycles. The van der Waals surface area contributed by atoms with Crippen LogP contribution in [-0.4, -0.2) is 29.3 Å². The van der Waals surface area contributed by atoms with Gasteiger partial charge in [-0.25, -0.2) is 4.79 Å². The number of carbonyl (C=O) groups is 3. The molecule has 1 atom stereocenters. The topological polar surface area (TPSA) is 75.7 Å². The number of aryl methyl sites for hydroxylation is 2. The van der Waals surface area contributed by atoms with E-state index >= 15 is 0 Å². The summed E-state index contributed by atoms with van der Waals surface area (Å²) >= 11 is 1.33. The van der Waals surface area contributed by atoms with Crippen LogP contribution in [-0.2, 0) is 32.0 Å². The maximum atomic E-state index is 13.0. The first-order valence-corrected chi connectivity index (χ1v) is 11.0. The number of nitrogens with one attached hydrogen (secondary N) is 1. The van der Waals surface area contributed by atoms with Crippen molar-refractivity contribution in [2.24, 2.45) is 0 Å². The Balaban J connectivity index is 1.47. The SMILES string of the molecule is CCc1cccc(CC)c1NC(=O)COC(=O)[C@@]12CCC(=O)N1c1ccccc1S2. The monoisotopic (exact) mass is 424 g/mol. The van der Waals surface area contributed by atoms with E-state index in [1.807, 2.05) is 56.3 Å². The fourth-order valence-corrected chi connectivity index (χ4v) is 5.51. The molecule has 4 rings (SSSR count). The van der Waals surface area contributed by atoms with E-state index in [0.29, 0.717) is 6.42 Å². The van der Waals surface area contributed by atoms with E-state index in [9.17, 15) is 14.4 Å². The number of hydrogen-bond acceptors (Lipinski definition) is 5. The van der Waals surface area contributed by atoms with Gasteiger partial charge >= 0.3 is 5.97 Å². The van der Waals surface area contributed by atoms with Crippen molar-refractivity contribution in [1.82, 2.24) is 0 Å². The standard InChI is InChI=1S/C23H24N2O4S/c1-3-15-8-7-9-16(4-2)21(15)24-19(26)14-29-22(28)23-13-12-20(27)25(23)17-10-5-6-11-18(17)30-23/h5-11H,3-4,12-14H2,1-2H3,(H,24,26)/t23-/m0/s1. The molecule has 6 nitrogen and oxygen atoms in total. The van der Waals surface area contributed by atoms with Crippen LogP contribution < -0.4 is 10.2 Å². The van der Waals surface area contributed by atoms with E-state index in [-0.39, 0.29) is 24.8 Å². The van der Waals surface area contributed by atoms with Crippen molar-refractivity contribution in [3.63, 3.8) is 0 Å². The second-order valence-electron chi connectivity index (χ2n) is 7.37. The van der Waals surface area contributed by atoms with Gasteiger partial charge < -0.3 is 10.1 Å². The Kier molecular flexibility index (Phi) is 5.56. The molecule has 1 fully saturated rings. The van der Waals surface area contributed by atoms with Crippen molar-refractivity contribution in [2.75, 3.05) is 16.8 Å². The first-order chi connectivity index (χ1) is 14.5. The highest BCUT2D eigenvalue weighted by atomic mass is 32.2. The number of para-hydroxylation sites is 2. The van der Waals surface area contributed by atoms with Crippen LogP contribution in [0.15, 0.2) is 47.4 Å². The number of esters is 1. The third-order valence-corrected chi connectivity index (χ3v) is 7.05. The van der Waals surface area contributed by atoms with E-state index in [1.54, 1.807) is 0 Å². The lowest BCUT2D eigenvalue weighted by Crippen LogP contribution is -2.48. The van der Waals surface area contributed by atoms with E-state index in [4.69, 9.17) is 4.74 Å². The molecule has 0 aliphatic carbocycles. The smallest absolute Gasteiger partial charge is 0.344 e. The largest absolute Gasteiger partial charge is 0.453 e. The highest BCUT2D eigenvalue weighted by Crippen LogP contribution is 2.56. The zero-order valence-corrected chi connectivity index (χ0v) is 17.9. The number of rotatable bonds is 6. The first-order valence-electron chi connectivity index (χ1n) is 10.2. The van der Waals surface area contributed by atoms with Crippen LogP contribution >= 0.6 is 11.8 Å². The Labute approximate surface area is 180 Å². The molecule has 2 heterocycles. The van der Waals surface area contributed by atoms with E-state index in [0.717, 1.165) is 40.2 Å². The second-order valence-corrected chi connectivity index (χ2v) is 8.69. The molecular formula is C23H24N2O4S. The summed E-state index contributed by atoms with van der Waals surface area (Å²) in [6, 6.07) is 13.4. The summed E-state index contributed by atoms with van der Waals surface area (Å²) in [5.74, 6) is -1.03. The number of thioether (sulfide) groups is 1. The van der Waals surface area contributed by atoms with Crippen molar-refractivity contribution in [3.8, 4) is 0 Å². The first kappa shape index (κ1) is 20.5. The molecule has 2 aromatic rings. The van der Waals surface area contributed by atoms with Gasteiger partial charge in [0.05, 0.1) is 5.69 Å². The van der Waals surface area contributed by atoms with Crippen molar-refractivity contribution >= 4 is 40.9 Å². The average molecular weight is 425 g/mol. The van der Waals surface area contributed by atoms with Gasteiger partial charge in [-0.2, -0.15) is 0 Å². The summed E-state index contributed by atoms with van der Waals surface area (Å²) in [6.07, 6.45) is 2.23. The maximum Gasteiger partial charge on any atom is 0.344 e. The molecule has 0 saturated carbocycles. The number of carbonyl (C=O) groups excluding carboxylic acids is 3. The summed E-state index contributed by atoms with van der Waals surface area (Å²) in [6.45, 7) is 3.68. The van der Waals surface area contributed by atoms with Crippen molar-refractivity contribution in [2.45, 2.75) is 49.3 Å². The Bertz CT molecular complexity index is 1000. The van der Waals surface area contributed by atoms with E-state index in [2.05, 4.69) is 5.32 Å². The van der Waals surface area contributed by atoms with Crippen molar-refractivity contribution < 1.29 is 19.1 Å². The van der Waals surface area contributed by atoms with Crippen LogP contribution in [0.25, 0.3) is 0 Å². The Morgan fingerprint density at radius 3 is 2.50 bits per heavy atom. The van der Waals surface area contributed by atoms with Crippen molar-refractivity contribution in [3.05, 3.63) is 53.6 Å². The van der Waals surface area contributed by atoms with Crippen LogP contribution in [0.1, 0.15) is 37.8 Å². The predicted octanol–water partition coefficient (Wildman–Crippen LogP) is 3.92. The maximum absolute atomic E-state index is 13.0. The highest BCUT2D eigenvalue weighted by Gasteiger charge is 2.58. The Morgan fingerprint density at radius 1 is 1.10 bits per heavy atom. The highest BCUT2D eigenvalue weighted by molar-refractivity contribution is 8.02. The number of anilines is 2. The minimum absolute atomic E-state index is 0.0988. The number of benzene rings is 2. The van der Waals surface area contributed by atoms with Gasteiger partial charge in [0.1, 0.15) is 0 Å². The molecule has 0 bridgehead atoms. The molecule has 0 spiro atoms. The quantitative estimate of drug-likeness (QED) is 0.712. The number of amides is 2. The molecule has 156 valence electrons. The Morgan fingerprint density at radius 2 is 1.80 bits per heavy atom. The minimum Gasteiger partial charge on any atom is -0.453 e. The van der Waals surface area contributed by atoms with Crippen LogP contribution in [0.5, 0.6) is 0 Å². The van der Waals surface area contributed by atoms with Gasteiger partial charge in [-0.1, -0.05) is 55.9 Å². The fourth-order valence-electron chi connectivity index (χ4n) is 4.09. The molecule has 2 aliphatic rings. The summed E-state index contributed by atoms with van der Waals surface area (Å²) < 4.78 is 5.43. The van der Waals surface area contributed by atoms with Gasteiger partial charge in [0.15, 0.2) is 11.5 Å². The molecule has 0 aromatic heterocycles. The second kappa shape index (κ2) is 8.14. The number of nitrogens with zero attached hydrogens (tertiary/aromatic N) is 1. The minimum atomic E-state index is -1.11. The zero-order chi connectivity index (χ0) is 21.3. The fraction of sp³-hybridized carbons (Fsp3) is 0.348. The Hall–Kier alpha value is -2.80. The van der Waals surface area contributed by atoms with Crippen LogP contribution in [0, 0.1) is 0 Å². The molecule has 30 heavy (non-hydrogen) atoms. The molecule has 2 amide bonds. The number of hydrogen-bond donors (Lipinski definition) is 1. The lowest BCUT2D eigenvalue weighted by atomic mass is 10.0. The normalized spacial score (nSPS) is 19.4. The number of ether oxygens (including phenoxy) is 1. The number of fused-ring (bicyclic) bond motifs is 3. The molecule has 2 aromatic carbocycles. The summed E-state index contributed by atoms with van der Waals surface area (Å²) in [4.78, 5) is 39.4. The average Bonchev–Trinajstić information content (AvgIpc) is 3.27. The van der Waals surface area contributed by atoms with Gasteiger partial charge in [0.25, 0.3) is 5.91 Å². The zero-order valence-electron chi connectivity index (χ0n) is 17.1. The molecule has 0 radical (unpaired) electrons. The predicted molar refractivity (Wildman–Crippen MR) is 117 cm³/mol. The summed E-state index contributed by atoms with van der Waals surface area (Å²) in [5, 5.41) is 2.91. The van der Waals surface area contributed by atoms with Crippen LogP contribution in [0.3, 0.4) is 0 Å². The van der Waals surface area contributed by atoms with Crippen molar-refractivity contribution in [1.29, 1.82) is 0 Å². The van der Waals surface area contributed by atoms with Crippen LogP contribution in [0.2, 0.25) is 0 Å². The summed E-state index contributed by atoms with van der Waals surface area (Å²) in [7, 11) is 0. The van der Waals surface area contributed by atoms with Gasteiger partial charge in [-0.15, -0.1) is 0 Å². The van der Waals surface area contributed by atoms with E-state index < -0.39 is 10.8 Å².